The van der Waals surface area contributed by atoms with E-state index in [1.807, 2.05) is 0 Å². The zero-order chi connectivity index (χ0) is 18.0. The Labute approximate surface area is 145 Å². The number of carbonyl (C=O) groups is 2. The van der Waals surface area contributed by atoms with Crippen LogP contribution in [0.4, 0.5) is 8.78 Å². The molecular weight excluding hydrogens is 330 g/mol. The minimum absolute atomic E-state index is 0.159. The topological polar surface area (TPSA) is 72.6 Å². The summed E-state index contributed by atoms with van der Waals surface area (Å²) >= 11 is 0. The van der Waals surface area contributed by atoms with E-state index in [1.165, 1.54) is 11.0 Å². The summed E-state index contributed by atoms with van der Waals surface area (Å²) in [6.45, 7) is 1.42. The largest absolute Gasteiger partial charge is 0.377 e. The highest BCUT2D eigenvalue weighted by atomic mass is 19.1. The van der Waals surface area contributed by atoms with Gasteiger partial charge in [-0.2, -0.15) is 0 Å². The second kappa shape index (κ2) is 7.47. The van der Waals surface area contributed by atoms with Gasteiger partial charge in [0.05, 0.1) is 12.0 Å². The van der Waals surface area contributed by atoms with Gasteiger partial charge in [0.1, 0.15) is 17.2 Å². The first-order chi connectivity index (χ1) is 12.0. The molecule has 0 aliphatic carbocycles. The van der Waals surface area contributed by atoms with Gasteiger partial charge in [0, 0.05) is 19.7 Å². The van der Waals surface area contributed by atoms with Crippen molar-refractivity contribution in [3.8, 4) is 0 Å². The molecule has 7 heteroatoms. The number of likely N-dealkylation sites (tertiary alicyclic amines) is 1. The number of ether oxygens (including phenoxy) is 1. The van der Waals surface area contributed by atoms with E-state index in [2.05, 4.69) is 0 Å². The Kier molecular flexibility index (Phi) is 5.32. The molecule has 2 saturated heterocycles. The van der Waals surface area contributed by atoms with Crippen molar-refractivity contribution in [1.82, 2.24) is 4.90 Å². The lowest BCUT2D eigenvalue weighted by Crippen LogP contribution is -2.40. The SMILES string of the molecule is NC(=O)[C@@H]1CCO[C@@H]1CC1CCN(C(=O)c2c(F)cccc2F)CC1. The van der Waals surface area contributed by atoms with Crippen molar-refractivity contribution in [3.05, 3.63) is 35.4 Å². The van der Waals surface area contributed by atoms with E-state index in [9.17, 15) is 18.4 Å². The van der Waals surface area contributed by atoms with Crippen LogP contribution in [0, 0.1) is 23.5 Å². The highest BCUT2D eigenvalue weighted by molar-refractivity contribution is 5.94. The molecule has 2 fully saturated rings. The maximum atomic E-state index is 13.8. The minimum Gasteiger partial charge on any atom is -0.377 e. The van der Waals surface area contributed by atoms with Gasteiger partial charge in [0.15, 0.2) is 0 Å². The average Bonchev–Trinajstić information content (AvgIpc) is 3.03. The lowest BCUT2D eigenvalue weighted by molar-refractivity contribution is -0.123. The number of nitrogens with two attached hydrogens (primary N) is 1. The number of amides is 2. The molecule has 1 aromatic carbocycles. The summed E-state index contributed by atoms with van der Waals surface area (Å²) in [5, 5.41) is 0. The Morgan fingerprint density at radius 1 is 1.16 bits per heavy atom. The van der Waals surface area contributed by atoms with Crippen molar-refractivity contribution in [3.63, 3.8) is 0 Å². The van der Waals surface area contributed by atoms with Crippen molar-refractivity contribution in [2.24, 2.45) is 17.6 Å². The third kappa shape index (κ3) is 3.81. The maximum absolute atomic E-state index is 13.8. The van der Waals surface area contributed by atoms with Gasteiger partial charge in [0.25, 0.3) is 5.91 Å². The molecule has 2 amide bonds. The van der Waals surface area contributed by atoms with Crippen molar-refractivity contribution >= 4 is 11.8 Å². The number of hydrogen-bond donors (Lipinski definition) is 1. The molecule has 5 nitrogen and oxygen atoms in total. The number of hydrogen-bond acceptors (Lipinski definition) is 3. The van der Waals surface area contributed by atoms with Gasteiger partial charge in [-0.25, -0.2) is 8.78 Å². The number of rotatable bonds is 4. The Morgan fingerprint density at radius 2 is 1.80 bits per heavy atom. The van der Waals surface area contributed by atoms with Gasteiger partial charge in [-0.15, -0.1) is 0 Å². The second-order valence-electron chi connectivity index (χ2n) is 6.77. The summed E-state index contributed by atoms with van der Waals surface area (Å²) in [4.78, 5) is 25.3. The quantitative estimate of drug-likeness (QED) is 0.902. The fourth-order valence-corrected chi connectivity index (χ4v) is 3.77. The van der Waals surface area contributed by atoms with Gasteiger partial charge >= 0.3 is 0 Å². The number of piperidine rings is 1. The van der Waals surface area contributed by atoms with E-state index < -0.39 is 23.1 Å². The summed E-state index contributed by atoms with van der Waals surface area (Å²) in [6, 6.07) is 3.42. The first-order valence-corrected chi connectivity index (χ1v) is 8.61. The molecule has 0 aromatic heterocycles. The molecule has 2 atom stereocenters. The van der Waals surface area contributed by atoms with Crippen LogP contribution in [0.15, 0.2) is 18.2 Å². The summed E-state index contributed by atoms with van der Waals surface area (Å²) in [5.41, 5.74) is 4.91. The van der Waals surface area contributed by atoms with E-state index in [-0.39, 0.29) is 17.9 Å². The molecule has 2 N–H and O–H groups in total. The molecule has 3 rings (SSSR count). The zero-order valence-corrected chi connectivity index (χ0v) is 13.9. The van der Waals surface area contributed by atoms with Crippen LogP contribution < -0.4 is 5.73 Å². The number of benzene rings is 1. The molecule has 25 heavy (non-hydrogen) atoms. The minimum atomic E-state index is -0.837. The molecule has 0 radical (unpaired) electrons. The molecule has 2 heterocycles. The molecular formula is C18H22F2N2O3. The Bertz CT molecular complexity index is 639. The predicted octanol–water partition coefficient (Wildman–Crippen LogP) is 2.10. The predicted molar refractivity (Wildman–Crippen MR) is 86.6 cm³/mol. The van der Waals surface area contributed by atoms with E-state index in [0.29, 0.717) is 44.9 Å². The fraction of sp³-hybridized carbons (Fsp3) is 0.556. The molecule has 2 aliphatic heterocycles. The molecule has 2 aliphatic rings. The van der Waals surface area contributed by atoms with Crippen molar-refractivity contribution in [2.75, 3.05) is 19.7 Å². The third-order valence-corrected chi connectivity index (χ3v) is 5.22. The zero-order valence-electron chi connectivity index (χ0n) is 13.9. The van der Waals surface area contributed by atoms with Gasteiger partial charge in [-0.05, 0) is 43.7 Å². The molecule has 0 bridgehead atoms. The molecule has 0 unspecified atom stereocenters. The van der Waals surface area contributed by atoms with Crippen LogP contribution in [0.25, 0.3) is 0 Å². The standard InChI is InChI=1S/C18H22F2N2O3/c19-13-2-1-3-14(20)16(13)18(24)22-7-4-11(5-8-22)10-15-12(17(21)23)6-9-25-15/h1-3,11-12,15H,4-10H2,(H2,21,23)/t12-,15-/m1/s1. The summed E-state index contributed by atoms with van der Waals surface area (Å²) < 4.78 is 33.2. The molecule has 1 aromatic rings. The lowest BCUT2D eigenvalue weighted by atomic mass is 9.86. The maximum Gasteiger partial charge on any atom is 0.259 e. The monoisotopic (exact) mass is 352 g/mol. The smallest absolute Gasteiger partial charge is 0.259 e. The Morgan fingerprint density at radius 3 is 2.40 bits per heavy atom. The number of halogens is 2. The first kappa shape index (κ1) is 17.8. The second-order valence-corrected chi connectivity index (χ2v) is 6.77. The van der Waals surface area contributed by atoms with Gasteiger partial charge in [-0.3, -0.25) is 9.59 Å². The molecule has 0 saturated carbocycles. The van der Waals surface area contributed by atoms with Gasteiger partial charge in [-0.1, -0.05) is 6.07 Å². The lowest BCUT2D eigenvalue weighted by Gasteiger charge is -2.33. The van der Waals surface area contributed by atoms with Gasteiger partial charge < -0.3 is 15.4 Å². The van der Waals surface area contributed by atoms with Crippen LogP contribution in [0.2, 0.25) is 0 Å². The average molecular weight is 352 g/mol. The Balaban J connectivity index is 1.57. The third-order valence-electron chi connectivity index (χ3n) is 5.22. The number of nitrogens with zero attached hydrogens (tertiary/aromatic N) is 1. The van der Waals surface area contributed by atoms with Crippen LogP contribution in [0.1, 0.15) is 36.0 Å². The van der Waals surface area contributed by atoms with Crippen molar-refractivity contribution in [1.29, 1.82) is 0 Å². The number of primary amides is 1. The van der Waals surface area contributed by atoms with Crippen molar-refractivity contribution in [2.45, 2.75) is 31.8 Å². The van der Waals surface area contributed by atoms with Crippen LogP contribution in [0.3, 0.4) is 0 Å². The van der Waals surface area contributed by atoms with E-state index in [4.69, 9.17) is 10.5 Å². The van der Waals surface area contributed by atoms with E-state index in [1.54, 1.807) is 0 Å². The van der Waals surface area contributed by atoms with Gasteiger partial charge in [0.2, 0.25) is 5.91 Å². The summed E-state index contributed by atoms with van der Waals surface area (Å²) in [7, 11) is 0. The fourth-order valence-electron chi connectivity index (χ4n) is 3.77. The Hall–Kier alpha value is -2.02. The van der Waals surface area contributed by atoms with Crippen LogP contribution in [-0.4, -0.2) is 42.5 Å². The normalized spacial score (nSPS) is 24.5. The van der Waals surface area contributed by atoms with Crippen LogP contribution in [0.5, 0.6) is 0 Å². The highest BCUT2D eigenvalue weighted by Gasteiger charge is 2.35. The molecule has 0 spiro atoms. The molecule has 136 valence electrons. The summed E-state index contributed by atoms with van der Waals surface area (Å²) in [6.07, 6.45) is 2.65. The number of carbonyl (C=O) groups excluding carboxylic acids is 2. The highest BCUT2D eigenvalue weighted by Crippen LogP contribution is 2.31. The van der Waals surface area contributed by atoms with Crippen LogP contribution in [-0.2, 0) is 9.53 Å². The van der Waals surface area contributed by atoms with Crippen LogP contribution >= 0.6 is 0 Å². The first-order valence-electron chi connectivity index (χ1n) is 8.61. The van der Waals surface area contributed by atoms with E-state index in [0.717, 1.165) is 18.6 Å². The van der Waals surface area contributed by atoms with Crippen molar-refractivity contribution < 1.29 is 23.1 Å². The van der Waals surface area contributed by atoms with E-state index >= 15 is 0 Å². The summed E-state index contributed by atoms with van der Waals surface area (Å²) in [5.74, 6) is -2.55.